The number of ketones is 1. The van der Waals surface area contributed by atoms with Crippen molar-refractivity contribution in [2.75, 3.05) is 13.1 Å². The van der Waals surface area contributed by atoms with Crippen LogP contribution in [0.25, 0.3) is 0 Å². The molecule has 9 heteroatoms. The Hall–Kier alpha value is -3.88. The summed E-state index contributed by atoms with van der Waals surface area (Å²) in [7, 11) is 0. The van der Waals surface area contributed by atoms with Crippen molar-refractivity contribution < 1.29 is 29.3 Å². The van der Waals surface area contributed by atoms with E-state index in [2.05, 4.69) is 10.6 Å². The number of phenols is 2. The molecule has 2 atom stereocenters. The smallest absolute Gasteiger partial charge is 0.338 e. The summed E-state index contributed by atoms with van der Waals surface area (Å²) in [4.78, 5) is 38.4. The standard InChI is InChI=1S/C28H28N2O6.ClH/c1-17-4-13-24(32)22(15-17)26(33)18-5-7-20(8-6-18)28(35)36-25-3-2-14-29-16-23(25)30-27(34)19-9-11-21(31)12-10-19;/h4-13,15,23,25,29,31-32H,2-3,14,16H2,1H3,(H,30,34);1H/t23-,25-;/m1./s1. The third kappa shape index (κ3) is 6.87. The summed E-state index contributed by atoms with van der Waals surface area (Å²) in [5, 5.41) is 25.7. The molecule has 0 spiro atoms. The summed E-state index contributed by atoms with van der Waals surface area (Å²) in [6.45, 7) is 3.01. The number of hydrogen-bond acceptors (Lipinski definition) is 7. The average molecular weight is 525 g/mol. The number of carbonyl (C=O) groups is 3. The van der Waals surface area contributed by atoms with E-state index in [0.717, 1.165) is 18.5 Å². The Kier molecular flexibility index (Phi) is 9.27. The lowest BCUT2D eigenvalue weighted by Gasteiger charge is -2.26. The van der Waals surface area contributed by atoms with E-state index in [1.807, 2.05) is 6.92 Å². The Balaban J connectivity index is 0.00000380. The normalized spacial score (nSPS) is 17.1. The van der Waals surface area contributed by atoms with Crippen molar-refractivity contribution in [1.29, 1.82) is 0 Å². The van der Waals surface area contributed by atoms with E-state index in [9.17, 15) is 24.6 Å². The molecule has 194 valence electrons. The number of benzene rings is 3. The number of carbonyl (C=O) groups excluding carboxylic acids is 3. The van der Waals surface area contributed by atoms with Gasteiger partial charge >= 0.3 is 5.97 Å². The largest absolute Gasteiger partial charge is 0.508 e. The molecule has 0 aliphatic carbocycles. The van der Waals surface area contributed by atoms with Gasteiger partial charge in [-0.3, -0.25) is 9.59 Å². The second-order valence-corrected chi connectivity index (χ2v) is 8.84. The van der Waals surface area contributed by atoms with Gasteiger partial charge in [-0.1, -0.05) is 23.8 Å². The van der Waals surface area contributed by atoms with Crippen LogP contribution in [0.4, 0.5) is 0 Å². The van der Waals surface area contributed by atoms with Crippen LogP contribution in [0.5, 0.6) is 11.5 Å². The molecule has 1 aliphatic rings. The molecule has 0 aromatic heterocycles. The summed E-state index contributed by atoms with van der Waals surface area (Å²) in [6, 6.07) is 16.4. The highest BCUT2D eigenvalue weighted by Crippen LogP contribution is 2.22. The van der Waals surface area contributed by atoms with Crippen LogP contribution in [0.2, 0.25) is 0 Å². The zero-order valence-corrected chi connectivity index (χ0v) is 21.1. The molecule has 1 saturated heterocycles. The summed E-state index contributed by atoms with van der Waals surface area (Å²) in [6.07, 6.45) is 0.804. The predicted molar refractivity (Wildman–Crippen MR) is 141 cm³/mol. The van der Waals surface area contributed by atoms with E-state index >= 15 is 0 Å². The van der Waals surface area contributed by atoms with E-state index < -0.39 is 18.1 Å². The number of esters is 1. The minimum absolute atomic E-state index is 0. The molecule has 4 rings (SSSR count). The van der Waals surface area contributed by atoms with Crippen LogP contribution < -0.4 is 10.6 Å². The van der Waals surface area contributed by atoms with Gasteiger partial charge in [-0.2, -0.15) is 0 Å². The van der Waals surface area contributed by atoms with E-state index in [4.69, 9.17) is 4.74 Å². The first-order chi connectivity index (χ1) is 17.3. The number of hydrogen-bond donors (Lipinski definition) is 4. The van der Waals surface area contributed by atoms with Crippen LogP contribution in [0.15, 0.2) is 66.7 Å². The molecular formula is C28H29ClN2O6. The van der Waals surface area contributed by atoms with Crippen molar-refractivity contribution in [3.8, 4) is 11.5 Å². The second-order valence-electron chi connectivity index (χ2n) is 8.84. The molecule has 37 heavy (non-hydrogen) atoms. The SMILES string of the molecule is Cc1ccc(O)c(C(=O)c2ccc(C(=O)O[C@@H]3CCCNC[C@H]3NC(=O)c3ccc(O)cc3)cc2)c1.Cl. The summed E-state index contributed by atoms with van der Waals surface area (Å²) >= 11 is 0. The molecule has 4 N–H and O–H groups in total. The Morgan fingerprint density at radius 3 is 2.27 bits per heavy atom. The van der Waals surface area contributed by atoms with E-state index in [1.54, 1.807) is 12.1 Å². The molecular weight excluding hydrogens is 496 g/mol. The Morgan fingerprint density at radius 2 is 1.57 bits per heavy atom. The zero-order chi connectivity index (χ0) is 25.7. The van der Waals surface area contributed by atoms with Crippen LogP contribution in [0.1, 0.15) is 55.0 Å². The van der Waals surface area contributed by atoms with Gasteiger partial charge in [0.15, 0.2) is 5.78 Å². The van der Waals surface area contributed by atoms with Crippen molar-refractivity contribution in [3.05, 3.63) is 94.5 Å². The van der Waals surface area contributed by atoms with Crippen molar-refractivity contribution in [2.45, 2.75) is 31.9 Å². The zero-order valence-electron chi connectivity index (χ0n) is 20.3. The van der Waals surface area contributed by atoms with Crippen LogP contribution in [0, 0.1) is 6.92 Å². The molecule has 1 fully saturated rings. The quantitative estimate of drug-likeness (QED) is 0.286. The summed E-state index contributed by atoms with van der Waals surface area (Å²) in [5.74, 6) is -1.26. The first-order valence-corrected chi connectivity index (χ1v) is 11.8. The molecule has 0 bridgehead atoms. The maximum Gasteiger partial charge on any atom is 0.338 e. The predicted octanol–water partition coefficient (Wildman–Crippen LogP) is 3.77. The average Bonchev–Trinajstić information content (AvgIpc) is 3.10. The van der Waals surface area contributed by atoms with Gasteiger partial charge in [0.05, 0.1) is 17.2 Å². The minimum Gasteiger partial charge on any atom is -0.508 e. The topological polar surface area (TPSA) is 125 Å². The molecule has 0 unspecified atom stereocenters. The van der Waals surface area contributed by atoms with Crippen molar-refractivity contribution in [2.24, 2.45) is 0 Å². The molecule has 1 amide bonds. The number of phenolic OH excluding ortho intramolecular Hbond substituents is 2. The lowest BCUT2D eigenvalue weighted by Crippen LogP contribution is -2.49. The van der Waals surface area contributed by atoms with Gasteiger partial charge in [-0.05, 0) is 74.8 Å². The number of nitrogens with one attached hydrogen (secondary N) is 2. The third-order valence-corrected chi connectivity index (χ3v) is 6.14. The highest BCUT2D eigenvalue weighted by molar-refractivity contribution is 6.11. The fourth-order valence-electron chi connectivity index (χ4n) is 4.12. The van der Waals surface area contributed by atoms with Crippen molar-refractivity contribution >= 4 is 30.1 Å². The maximum atomic E-state index is 12.9. The Bertz CT molecular complexity index is 1260. The number of aromatic hydroxyl groups is 2. The number of rotatable bonds is 6. The number of ether oxygens (including phenoxy) is 1. The lowest BCUT2D eigenvalue weighted by atomic mass is 9.99. The molecule has 3 aromatic rings. The maximum absolute atomic E-state index is 12.9. The molecule has 1 heterocycles. The Morgan fingerprint density at radius 1 is 0.919 bits per heavy atom. The highest BCUT2D eigenvalue weighted by atomic mass is 35.5. The lowest BCUT2D eigenvalue weighted by molar-refractivity contribution is 0.0192. The van der Waals surface area contributed by atoms with E-state index in [1.165, 1.54) is 54.6 Å². The van der Waals surface area contributed by atoms with Crippen LogP contribution >= 0.6 is 12.4 Å². The fourth-order valence-corrected chi connectivity index (χ4v) is 4.12. The summed E-state index contributed by atoms with van der Waals surface area (Å²) in [5.41, 5.74) is 2.05. The van der Waals surface area contributed by atoms with Crippen LogP contribution in [-0.2, 0) is 4.74 Å². The van der Waals surface area contributed by atoms with Gasteiger partial charge in [-0.25, -0.2) is 4.79 Å². The van der Waals surface area contributed by atoms with Crippen molar-refractivity contribution in [1.82, 2.24) is 10.6 Å². The van der Waals surface area contributed by atoms with Gasteiger partial charge in [0.1, 0.15) is 17.6 Å². The number of aryl methyl sites for hydroxylation is 1. The fraction of sp³-hybridized carbons (Fsp3) is 0.250. The second kappa shape index (κ2) is 12.4. The Labute approximate surface area is 221 Å². The van der Waals surface area contributed by atoms with Crippen molar-refractivity contribution in [3.63, 3.8) is 0 Å². The van der Waals surface area contributed by atoms with Gasteiger partial charge in [0.2, 0.25) is 0 Å². The summed E-state index contributed by atoms with van der Waals surface area (Å²) < 4.78 is 5.79. The van der Waals surface area contributed by atoms with Crippen LogP contribution in [0.3, 0.4) is 0 Å². The number of halogens is 1. The van der Waals surface area contributed by atoms with Gasteiger partial charge in [0.25, 0.3) is 5.91 Å². The first kappa shape index (κ1) is 27.7. The van der Waals surface area contributed by atoms with Crippen LogP contribution in [-0.4, -0.2) is 53.1 Å². The third-order valence-electron chi connectivity index (χ3n) is 6.14. The van der Waals surface area contributed by atoms with Gasteiger partial charge in [-0.15, -0.1) is 12.4 Å². The first-order valence-electron chi connectivity index (χ1n) is 11.8. The molecule has 3 aromatic carbocycles. The van der Waals surface area contributed by atoms with E-state index in [-0.39, 0.29) is 46.7 Å². The molecule has 8 nitrogen and oxygen atoms in total. The van der Waals surface area contributed by atoms with Gasteiger partial charge < -0.3 is 25.6 Å². The molecule has 0 radical (unpaired) electrons. The monoisotopic (exact) mass is 524 g/mol. The highest BCUT2D eigenvalue weighted by Gasteiger charge is 2.29. The molecule has 1 aliphatic heterocycles. The van der Waals surface area contributed by atoms with E-state index in [0.29, 0.717) is 24.1 Å². The molecule has 0 saturated carbocycles. The minimum atomic E-state index is -0.553. The van der Waals surface area contributed by atoms with Gasteiger partial charge in [0, 0.05) is 17.7 Å². The number of amides is 1.